The summed E-state index contributed by atoms with van der Waals surface area (Å²) in [6.07, 6.45) is 0. The average molecular weight is 399 g/mol. The molecule has 1 aromatic rings. The lowest BCUT2D eigenvalue weighted by molar-refractivity contribution is -0.131. The number of ether oxygens (including phenoxy) is 1. The molecule has 0 fully saturated rings. The lowest BCUT2D eigenvalue weighted by Crippen LogP contribution is -2.50. The highest BCUT2D eigenvalue weighted by Gasteiger charge is 2.18. The van der Waals surface area contributed by atoms with Gasteiger partial charge in [0.15, 0.2) is 6.61 Å². The SMILES string of the molecule is CCN(CC(=O)NNC(=O)COc1ccc(Cl)cc1)CC(=O)NC(C)(C)C. The summed E-state index contributed by atoms with van der Waals surface area (Å²) in [6, 6.07) is 6.56. The molecule has 0 saturated heterocycles. The molecule has 0 radical (unpaired) electrons. The van der Waals surface area contributed by atoms with E-state index in [1.54, 1.807) is 29.2 Å². The first kappa shape index (κ1) is 22.7. The van der Waals surface area contributed by atoms with Crippen molar-refractivity contribution in [3.63, 3.8) is 0 Å². The van der Waals surface area contributed by atoms with Gasteiger partial charge in [0.2, 0.25) is 5.91 Å². The van der Waals surface area contributed by atoms with Gasteiger partial charge in [0.05, 0.1) is 13.1 Å². The summed E-state index contributed by atoms with van der Waals surface area (Å²) in [5.41, 5.74) is 4.23. The number of nitrogens with zero attached hydrogens (tertiary/aromatic N) is 1. The molecule has 0 aliphatic carbocycles. The van der Waals surface area contributed by atoms with Crippen LogP contribution >= 0.6 is 11.6 Å². The molecule has 0 aliphatic rings. The molecule has 0 bridgehead atoms. The van der Waals surface area contributed by atoms with E-state index in [9.17, 15) is 14.4 Å². The molecule has 150 valence electrons. The zero-order chi connectivity index (χ0) is 20.4. The first-order chi connectivity index (χ1) is 12.6. The molecule has 3 N–H and O–H groups in total. The van der Waals surface area contributed by atoms with Crippen molar-refractivity contribution in [1.82, 2.24) is 21.1 Å². The maximum Gasteiger partial charge on any atom is 0.276 e. The van der Waals surface area contributed by atoms with Crippen LogP contribution in [0.2, 0.25) is 5.02 Å². The lowest BCUT2D eigenvalue weighted by Gasteiger charge is -2.24. The molecule has 0 aromatic heterocycles. The van der Waals surface area contributed by atoms with Crippen LogP contribution in [0.4, 0.5) is 0 Å². The molecule has 0 saturated carbocycles. The van der Waals surface area contributed by atoms with Crippen molar-refractivity contribution in [2.24, 2.45) is 0 Å². The van der Waals surface area contributed by atoms with E-state index in [1.807, 2.05) is 27.7 Å². The zero-order valence-electron chi connectivity index (χ0n) is 16.1. The number of amides is 3. The number of carbonyl (C=O) groups excluding carboxylic acids is 3. The van der Waals surface area contributed by atoms with Crippen LogP contribution < -0.4 is 20.9 Å². The van der Waals surface area contributed by atoms with Gasteiger partial charge in [-0.15, -0.1) is 0 Å². The summed E-state index contributed by atoms with van der Waals surface area (Å²) < 4.78 is 5.27. The monoisotopic (exact) mass is 398 g/mol. The van der Waals surface area contributed by atoms with Crippen LogP contribution in [0, 0.1) is 0 Å². The van der Waals surface area contributed by atoms with Crippen molar-refractivity contribution in [3.05, 3.63) is 29.3 Å². The van der Waals surface area contributed by atoms with Crippen molar-refractivity contribution in [2.75, 3.05) is 26.2 Å². The van der Waals surface area contributed by atoms with Gasteiger partial charge in [-0.05, 0) is 51.6 Å². The second-order valence-corrected chi connectivity index (χ2v) is 7.38. The molecule has 1 aromatic carbocycles. The van der Waals surface area contributed by atoms with E-state index in [2.05, 4.69) is 16.2 Å². The van der Waals surface area contributed by atoms with Gasteiger partial charge in [0.1, 0.15) is 5.75 Å². The molecule has 0 unspecified atom stereocenters. The van der Waals surface area contributed by atoms with Gasteiger partial charge in [-0.1, -0.05) is 18.5 Å². The molecule has 0 heterocycles. The first-order valence-corrected chi connectivity index (χ1v) is 8.96. The smallest absolute Gasteiger partial charge is 0.276 e. The topological polar surface area (TPSA) is 99.8 Å². The van der Waals surface area contributed by atoms with Gasteiger partial charge in [-0.2, -0.15) is 0 Å². The molecular formula is C18H27ClN4O4. The molecule has 3 amide bonds. The molecule has 0 aliphatic heterocycles. The number of hydrazine groups is 1. The van der Waals surface area contributed by atoms with Crippen LogP contribution in [0.15, 0.2) is 24.3 Å². The number of hydrogen-bond acceptors (Lipinski definition) is 5. The number of rotatable bonds is 8. The van der Waals surface area contributed by atoms with Crippen molar-refractivity contribution in [3.8, 4) is 5.75 Å². The van der Waals surface area contributed by atoms with E-state index in [1.165, 1.54) is 0 Å². The fraction of sp³-hybridized carbons (Fsp3) is 0.500. The maximum absolute atomic E-state index is 11.9. The van der Waals surface area contributed by atoms with E-state index in [4.69, 9.17) is 16.3 Å². The molecule has 0 atom stereocenters. The second-order valence-electron chi connectivity index (χ2n) is 6.94. The Hall–Kier alpha value is -2.32. The van der Waals surface area contributed by atoms with E-state index in [-0.39, 0.29) is 31.1 Å². The van der Waals surface area contributed by atoms with Crippen LogP contribution in [-0.4, -0.2) is 54.4 Å². The minimum absolute atomic E-state index is 0.0214. The third-order valence-electron chi connectivity index (χ3n) is 3.22. The Kier molecular flexibility index (Phi) is 9.04. The number of benzene rings is 1. The minimum atomic E-state index is -0.508. The molecular weight excluding hydrogens is 372 g/mol. The number of likely N-dealkylation sites (N-methyl/N-ethyl adjacent to an activating group) is 1. The molecule has 8 nitrogen and oxygen atoms in total. The normalized spacial score (nSPS) is 11.0. The van der Waals surface area contributed by atoms with Crippen molar-refractivity contribution < 1.29 is 19.1 Å². The average Bonchev–Trinajstić information content (AvgIpc) is 2.57. The van der Waals surface area contributed by atoms with Crippen molar-refractivity contribution >= 4 is 29.3 Å². The highest BCUT2D eigenvalue weighted by Crippen LogP contribution is 2.15. The lowest BCUT2D eigenvalue weighted by atomic mass is 10.1. The zero-order valence-corrected chi connectivity index (χ0v) is 16.9. The Morgan fingerprint density at radius 3 is 2.11 bits per heavy atom. The van der Waals surface area contributed by atoms with E-state index in [0.29, 0.717) is 17.3 Å². The fourth-order valence-corrected chi connectivity index (χ4v) is 2.16. The highest BCUT2D eigenvalue weighted by molar-refractivity contribution is 6.30. The quantitative estimate of drug-likeness (QED) is 0.569. The van der Waals surface area contributed by atoms with Gasteiger partial charge in [0, 0.05) is 10.6 Å². The van der Waals surface area contributed by atoms with Gasteiger partial charge in [-0.25, -0.2) is 0 Å². The van der Waals surface area contributed by atoms with Gasteiger partial charge in [0.25, 0.3) is 11.8 Å². The van der Waals surface area contributed by atoms with Crippen LogP contribution in [0.1, 0.15) is 27.7 Å². The van der Waals surface area contributed by atoms with Crippen LogP contribution in [0.3, 0.4) is 0 Å². The van der Waals surface area contributed by atoms with E-state index >= 15 is 0 Å². The summed E-state index contributed by atoms with van der Waals surface area (Å²) in [5.74, 6) is -0.618. The Labute approximate surface area is 164 Å². The molecule has 1 rings (SSSR count). The van der Waals surface area contributed by atoms with Crippen LogP contribution in [0.5, 0.6) is 5.75 Å². The Morgan fingerprint density at radius 2 is 1.56 bits per heavy atom. The molecule has 0 spiro atoms. The molecule has 9 heteroatoms. The molecule has 27 heavy (non-hydrogen) atoms. The first-order valence-electron chi connectivity index (χ1n) is 8.58. The largest absolute Gasteiger partial charge is 0.484 e. The van der Waals surface area contributed by atoms with Crippen molar-refractivity contribution in [2.45, 2.75) is 33.2 Å². The van der Waals surface area contributed by atoms with E-state index in [0.717, 1.165) is 0 Å². The standard InChI is InChI=1S/C18H27ClN4O4/c1-5-23(10-15(24)20-18(2,3)4)11-16(25)21-22-17(26)12-27-14-8-6-13(19)7-9-14/h6-9H,5,10-12H2,1-4H3,(H,20,24)(H,21,25)(H,22,26). The van der Waals surface area contributed by atoms with Gasteiger partial charge < -0.3 is 10.1 Å². The Balaban J connectivity index is 2.32. The Morgan fingerprint density at radius 1 is 1.00 bits per heavy atom. The van der Waals surface area contributed by atoms with Crippen LogP contribution in [0.25, 0.3) is 0 Å². The fourth-order valence-electron chi connectivity index (χ4n) is 2.04. The third kappa shape index (κ3) is 10.4. The van der Waals surface area contributed by atoms with Gasteiger partial charge >= 0.3 is 0 Å². The minimum Gasteiger partial charge on any atom is -0.484 e. The number of hydrogen-bond donors (Lipinski definition) is 3. The highest BCUT2D eigenvalue weighted by atomic mass is 35.5. The summed E-state index contributed by atoms with van der Waals surface area (Å²) >= 11 is 5.76. The third-order valence-corrected chi connectivity index (χ3v) is 3.47. The van der Waals surface area contributed by atoms with Gasteiger partial charge in [-0.3, -0.25) is 30.1 Å². The summed E-state index contributed by atoms with van der Waals surface area (Å²) in [4.78, 5) is 37.3. The Bertz CT molecular complexity index is 644. The summed E-state index contributed by atoms with van der Waals surface area (Å²) in [6.45, 7) is 7.82. The summed E-state index contributed by atoms with van der Waals surface area (Å²) in [5, 5.41) is 3.40. The van der Waals surface area contributed by atoms with Crippen molar-refractivity contribution in [1.29, 1.82) is 0 Å². The predicted molar refractivity (Wildman–Crippen MR) is 103 cm³/mol. The maximum atomic E-state index is 11.9. The second kappa shape index (κ2) is 10.7. The predicted octanol–water partition coefficient (Wildman–Crippen LogP) is 1.10. The number of halogens is 1. The summed E-state index contributed by atoms with van der Waals surface area (Å²) in [7, 11) is 0. The van der Waals surface area contributed by atoms with Crippen LogP contribution in [-0.2, 0) is 14.4 Å². The van der Waals surface area contributed by atoms with E-state index < -0.39 is 11.8 Å². The number of carbonyl (C=O) groups is 3. The number of nitrogens with one attached hydrogen (secondary N) is 3.